The van der Waals surface area contributed by atoms with Crippen molar-refractivity contribution in [1.82, 2.24) is 15.5 Å². The highest BCUT2D eigenvalue weighted by atomic mass is 19.4. The fourth-order valence-electron chi connectivity index (χ4n) is 1.67. The molecule has 2 aromatic rings. The van der Waals surface area contributed by atoms with E-state index in [0.717, 1.165) is 18.7 Å². The van der Waals surface area contributed by atoms with Crippen LogP contribution in [0.2, 0.25) is 0 Å². The van der Waals surface area contributed by atoms with E-state index < -0.39 is 11.7 Å². The zero-order valence-corrected chi connectivity index (χ0v) is 10.9. The number of alkyl halides is 3. The molecule has 7 heteroatoms. The first-order valence-electron chi connectivity index (χ1n) is 6.21. The van der Waals surface area contributed by atoms with E-state index in [0.29, 0.717) is 18.9 Å². The van der Waals surface area contributed by atoms with Gasteiger partial charge in [0.2, 0.25) is 11.8 Å². The van der Waals surface area contributed by atoms with E-state index in [1.807, 2.05) is 6.92 Å². The molecule has 0 radical (unpaired) electrons. The minimum absolute atomic E-state index is 0.0996. The fraction of sp³-hybridized carbons (Fsp3) is 0.385. The third kappa shape index (κ3) is 3.57. The van der Waals surface area contributed by atoms with Gasteiger partial charge in [0.25, 0.3) is 0 Å². The molecule has 0 aliphatic carbocycles. The normalized spacial score (nSPS) is 11.8. The largest absolute Gasteiger partial charge is 0.421 e. The molecular weight excluding hydrogens is 271 g/mol. The van der Waals surface area contributed by atoms with Gasteiger partial charge in [-0.1, -0.05) is 13.0 Å². The van der Waals surface area contributed by atoms with Crippen LogP contribution in [0.4, 0.5) is 13.2 Å². The molecule has 0 fully saturated rings. The second-order valence-electron chi connectivity index (χ2n) is 4.18. The highest BCUT2D eigenvalue weighted by Crippen LogP contribution is 2.31. The number of hydrogen-bond acceptors (Lipinski definition) is 4. The van der Waals surface area contributed by atoms with E-state index in [1.165, 1.54) is 12.1 Å². The van der Waals surface area contributed by atoms with Crippen molar-refractivity contribution in [3.8, 4) is 11.5 Å². The molecule has 0 saturated carbocycles. The maximum atomic E-state index is 12.6. The maximum absolute atomic E-state index is 12.6. The summed E-state index contributed by atoms with van der Waals surface area (Å²) in [6.45, 7) is 3.48. The van der Waals surface area contributed by atoms with Crippen LogP contribution < -0.4 is 5.32 Å². The van der Waals surface area contributed by atoms with Gasteiger partial charge in [0.05, 0.1) is 5.56 Å². The monoisotopic (exact) mass is 285 g/mol. The van der Waals surface area contributed by atoms with Crippen molar-refractivity contribution in [2.75, 3.05) is 13.1 Å². The van der Waals surface area contributed by atoms with Gasteiger partial charge in [-0.25, -0.2) is 0 Å². The number of nitrogens with zero attached hydrogens (tertiary/aromatic N) is 2. The SMILES string of the molecule is CCNCCc1nnc(-c2cccc(C(F)(F)F)c2)o1. The van der Waals surface area contributed by atoms with Crippen molar-refractivity contribution >= 4 is 0 Å². The molecule has 20 heavy (non-hydrogen) atoms. The van der Waals surface area contributed by atoms with E-state index in [2.05, 4.69) is 15.5 Å². The summed E-state index contributed by atoms with van der Waals surface area (Å²) >= 11 is 0. The van der Waals surface area contributed by atoms with Crippen LogP contribution in [0.5, 0.6) is 0 Å². The van der Waals surface area contributed by atoms with Gasteiger partial charge in [0, 0.05) is 18.5 Å². The predicted octanol–water partition coefficient (Wildman–Crippen LogP) is 2.91. The van der Waals surface area contributed by atoms with Crippen LogP contribution in [0.15, 0.2) is 28.7 Å². The third-order valence-electron chi connectivity index (χ3n) is 2.67. The lowest BCUT2D eigenvalue weighted by atomic mass is 10.1. The summed E-state index contributed by atoms with van der Waals surface area (Å²) in [6.07, 6.45) is -3.84. The fourth-order valence-corrected chi connectivity index (χ4v) is 1.67. The van der Waals surface area contributed by atoms with Crippen molar-refractivity contribution in [2.45, 2.75) is 19.5 Å². The Kier molecular flexibility index (Phi) is 4.39. The topological polar surface area (TPSA) is 51.0 Å². The zero-order valence-electron chi connectivity index (χ0n) is 10.9. The first kappa shape index (κ1) is 14.5. The second kappa shape index (κ2) is 6.04. The minimum atomic E-state index is -4.39. The van der Waals surface area contributed by atoms with E-state index in [-0.39, 0.29) is 11.5 Å². The Labute approximate surface area is 114 Å². The van der Waals surface area contributed by atoms with Crippen LogP contribution in [0.25, 0.3) is 11.5 Å². The molecule has 0 spiro atoms. The number of likely N-dealkylation sites (N-methyl/N-ethyl adjacent to an activating group) is 1. The smallest absolute Gasteiger partial charge is 0.416 e. The van der Waals surface area contributed by atoms with Crippen molar-refractivity contribution < 1.29 is 17.6 Å². The molecule has 0 aliphatic heterocycles. The summed E-state index contributed by atoms with van der Waals surface area (Å²) in [4.78, 5) is 0. The highest BCUT2D eigenvalue weighted by molar-refractivity contribution is 5.54. The van der Waals surface area contributed by atoms with Crippen LogP contribution >= 0.6 is 0 Å². The van der Waals surface area contributed by atoms with E-state index >= 15 is 0 Å². The number of aromatic nitrogens is 2. The molecule has 4 nitrogen and oxygen atoms in total. The lowest BCUT2D eigenvalue weighted by Gasteiger charge is -2.06. The van der Waals surface area contributed by atoms with Gasteiger partial charge in [0.1, 0.15) is 0 Å². The molecular formula is C13H14F3N3O. The van der Waals surface area contributed by atoms with Gasteiger partial charge in [0.15, 0.2) is 0 Å². The van der Waals surface area contributed by atoms with Crippen LogP contribution in [0.1, 0.15) is 18.4 Å². The molecule has 0 atom stereocenters. The molecule has 1 aromatic carbocycles. The van der Waals surface area contributed by atoms with E-state index in [4.69, 9.17) is 4.42 Å². The lowest BCUT2D eigenvalue weighted by molar-refractivity contribution is -0.137. The van der Waals surface area contributed by atoms with Gasteiger partial charge < -0.3 is 9.73 Å². The summed E-state index contributed by atoms with van der Waals surface area (Å²) in [7, 11) is 0. The Hall–Kier alpha value is -1.89. The Bertz CT molecular complexity index is 566. The molecule has 0 bridgehead atoms. The molecule has 108 valence electrons. The zero-order chi connectivity index (χ0) is 14.6. The first-order valence-corrected chi connectivity index (χ1v) is 6.21. The van der Waals surface area contributed by atoms with Crippen molar-refractivity contribution in [3.05, 3.63) is 35.7 Å². The van der Waals surface area contributed by atoms with Gasteiger partial charge in [-0.05, 0) is 24.7 Å². The summed E-state index contributed by atoms with van der Waals surface area (Å²) in [5, 5.41) is 10.7. The second-order valence-corrected chi connectivity index (χ2v) is 4.18. The number of nitrogens with one attached hydrogen (secondary N) is 1. The number of halogens is 3. The average molecular weight is 285 g/mol. The summed E-state index contributed by atoms with van der Waals surface area (Å²) < 4.78 is 43.2. The Morgan fingerprint density at radius 3 is 2.75 bits per heavy atom. The van der Waals surface area contributed by atoms with Gasteiger partial charge in [-0.15, -0.1) is 10.2 Å². The van der Waals surface area contributed by atoms with Gasteiger partial charge in [-0.3, -0.25) is 0 Å². The third-order valence-corrected chi connectivity index (χ3v) is 2.67. The summed E-state index contributed by atoms with van der Waals surface area (Å²) in [5.74, 6) is 0.501. The first-order chi connectivity index (χ1) is 9.50. The van der Waals surface area contributed by atoms with Crippen molar-refractivity contribution in [2.24, 2.45) is 0 Å². The summed E-state index contributed by atoms with van der Waals surface area (Å²) in [6, 6.07) is 4.84. The summed E-state index contributed by atoms with van der Waals surface area (Å²) in [5.41, 5.74) is -0.468. The number of benzene rings is 1. The lowest BCUT2D eigenvalue weighted by Crippen LogP contribution is -2.16. The molecule has 1 N–H and O–H groups in total. The van der Waals surface area contributed by atoms with Crippen molar-refractivity contribution in [3.63, 3.8) is 0 Å². The van der Waals surface area contributed by atoms with Crippen LogP contribution in [0, 0.1) is 0 Å². The molecule has 0 unspecified atom stereocenters. The standard InChI is InChI=1S/C13H14F3N3O/c1-2-17-7-6-11-18-19-12(20-11)9-4-3-5-10(8-9)13(14,15)16/h3-5,8,17H,2,6-7H2,1H3. The van der Waals surface area contributed by atoms with Gasteiger partial charge in [-0.2, -0.15) is 13.2 Å². The predicted molar refractivity (Wildman–Crippen MR) is 67.0 cm³/mol. The van der Waals surface area contributed by atoms with Crippen molar-refractivity contribution in [1.29, 1.82) is 0 Å². The Balaban J connectivity index is 2.16. The van der Waals surface area contributed by atoms with E-state index in [9.17, 15) is 13.2 Å². The molecule has 0 amide bonds. The molecule has 0 saturated heterocycles. The van der Waals surface area contributed by atoms with E-state index in [1.54, 1.807) is 0 Å². The Morgan fingerprint density at radius 2 is 2.05 bits per heavy atom. The average Bonchev–Trinajstić information content (AvgIpc) is 2.87. The molecule has 0 aliphatic rings. The van der Waals surface area contributed by atoms with Crippen LogP contribution in [-0.2, 0) is 12.6 Å². The molecule has 2 rings (SSSR count). The number of hydrogen-bond donors (Lipinski definition) is 1. The van der Waals surface area contributed by atoms with Crippen LogP contribution in [0.3, 0.4) is 0 Å². The minimum Gasteiger partial charge on any atom is -0.421 e. The highest BCUT2D eigenvalue weighted by Gasteiger charge is 2.30. The maximum Gasteiger partial charge on any atom is 0.416 e. The Morgan fingerprint density at radius 1 is 1.25 bits per heavy atom. The van der Waals surface area contributed by atoms with Gasteiger partial charge >= 0.3 is 6.18 Å². The number of rotatable bonds is 5. The molecule has 1 aromatic heterocycles. The van der Waals surface area contributed by atoms with Crippen LogP contribution in [-0.4, -0.2) is 23.3 Å². The molecule has 1 heterocycles. The quantitative estimate of drug-likeness (QED) is 0.858.